The third-order valence-electron chi connectivity index (χ3n) is 8.32. The lowest BCUT2D eigenvalue weighted by molar-refractivity contribution is -0.153. The molecule has 1 heterocycles. The normalized spacial score (nSPS) is 20.7. The van der Waals surface area contributed by atoms with E-state index in [2.05, 4.69) is 124 Å². The van der Waals surface area contributed by atoms with Crippen molar-refractivity contribution >= 4 is 47.3 Å². The van der Waals surface area contributed by atoms with Gasteiger partial charge in [0.05, 0.1) is 11.7 Å². The summed E-state index contributed by atoms with van der Waals surface area (Å²) in [5.41, 5.74) is 0.506. The van der Waals surface area contributed by atoms with Crippen LogP contribution in [-0.2, 0) is 18.6 Å². The molecule has 5 atom stereocenters. The average Bonchev–Trinajstić information content (AvgIpc) is 3.32. The molecule has 5 nitrogen and oxygen atoms in total. The number of esters is 1. The van der Waals surface area contributed by atoms with Gasteiger partial charge in [0, 0.05) is 10.5 Å². The van der Waals surface area contributed by atoms with E-state index in [9.17, 15) is 4.79 Å². The first-order chi connectivity index (χ1) is 20.9. The molecule has 44 heavy (non-hydrogen) atoms. The average molecular weight is 727 g/mol. The Labute approximate surface area is 278 Å². The summed E-state index contributed by atoms with van der Waals surface area (Å²) in [4.78, 5) is 13.3. The van der Waals surface area contributed by atoms with E-state index in [1.54, 1.807) is 12.1 Å². The maximum atomic E-state index is 13.3. The summed E-state index contributed by atoms with van der Waals surface area (Å²) in [6.07, 6.45) is 3.52. The first kappa shape index (κ1) is 34.6. The zero-order valence-electron chi connectivity index (χ0n) is 27.0. The minimum absolute atomic E-state index is 0.0212. The van der Waals surface area contributed by atoms with Crippen LogP contribution in [0, 0.1) is 5.92 Å². The zero-order valence-corrected chi connectivity index (χ0v) is 30.2. The standard InChI is InChI=1S/C37H47IO5Si/c1-27(28(2)43-44(36(3,4)5,30-19-13-9-14-20-30)31-21-15-10-16-22-31)23-24-32(40-35(39)29-17-11-8-12-18-29)34-33(25-26-38)41-37(6,7)42-34/h8-24,27-28,32-34H,25-26H2,1-7H3/b24-23-/t27-,28?,32?,33+,34?/m1/s1. The van der Waals surface area contributed by atoms with Crippen LogP contribution in [-0.4, -0.2) is 48.9 Å². The number of ether oxygens (including phenoxy) is 3. The van der Waals surface area contributed by atoms with E-state index in [4.69, 9.17) is 18.6 Å². The van der Waals surface area contributed by atoms with Crippen LogP contribution in [0.25, 0.3) is 0 Å². The van der Waals surface area contributed by atoms with E-state index in [-0.39, 0.29) is 29.1 Å². The molecule has 0 amide bonds. The quantitative estimate of drug-likeness (QED) is 0.0630. The highest BCUT2D eigenvalue weighted by molar-refractivity contribution is 14.1. The number of hydrogen-bond donors (Lipinski definition) is 0. The Bertz CT molecular complexity index is 1320. The zero-order chi connectivity index (χ0) is 32.0. The molecule has 1 fully saturated rings. The molecule has 0 aromatic heterocycles. The van der Waals surface area contributed by atoms with Crippen LogP contribution in [0.4, 0.5) is 0 Å². The highest BCUT2D eigenvalue weighted by atomic mass is 127. The number of hydrogen-bond acceptors (Lipinski definition) is 5. The second-order valence-electron chi connectivity index (χ2n) is 13.1. The van der Waals surface area contributed by atoms with E-state index < -0.39 is 26.3 Å². The summed E-state index contributed by atoms with van der Waals surface area (Å²) in [5.74, 6) is -1.13. The van der Waals surface area contributed by atoms with E-state index in [0.29, 0.717) is 5.56 Å². The number of carbonyl (C=O) groups is 1. The van der Waals surface area contributed by atoms with Gasteiger partial charge in [-0.25, -0.2) is 4.79 Å². The lowest BCUT2D eigenvalue weighted by Crippen LogP contribution is -2.67. The van der Waals surface area contributed by atoms with Gasteiger partial charge in [-0.2, -0.15) is 0 Å². The van der Waals surface area contributed by atoms with Gasteiger partial charge in [0.1, 0.15) is 12.2 Å². The van der Waals surface area contributed by atoms with Crippen LogP contribution in [0.15, 0.2) is 103 Å². The van der Waals surface area contributed by atoms with Crippen molar-refractivity contribution in [1.82, 2.24) is 0 Å². The van der Waals surface area contributed by atoms with Gasteiger partial charge in [-0.15, -0.1) is 0 Å². The number of halogens is 1. The lowest BCUT2D eigenvalue weighted by Gasteiger charge is -2.45. The maximum Gasteiger partial charge on any atom is 0.338 e. The molecule has 4 rings (SSSR count). The first-order valence-corrected chi connectivity index (χ1v) is 19.0. The minimum Gasteiger partial charge on any atom is -0.452 e. The smallest absolute Gasteiger partial charge is 0.338 e. The molecular formula is C37H47IO5Si. The number of benzene rings is 3. The van der Waals surface area contributed by atoms with Crippen molar-refractivity contribution in [2.45, 2.75) is 90.1 Å². The molecule has 3 aromatic carbocycles. The second-order valence-corrected chi connectivity index (χ2v) is 18.4. The van der Waals surface area contributed by atoms with Crippen LogP contribution < -0.4 is 10.4 Å². The largest absolute Gasteiger partial charge is 0.452 e. The molecule has 0 spiro atoms. The van der Waals surface area contributed by atoms with Gasteiger partial charge < -0.3 is 18.6 Å². The van der Waals surface area contributed by atoms with Crippen LogP contribution in [0.1, 0.15) is 65.2 Å². The van der Waals surface area contributed by atoms with Crippen molar-refractivity contribution in [3.63, 3.8) is 0 Å². The number of alkyl halides is 1. The van der Waals surface area contributed by atoms with E-state index in [0.717, 1.165) is 10.8 Å². The highest BCUT2D eigenvalue weighted by Gasteiger charge is 2.51. The maximum absolute atomic E-state index is 13.3. The fourth-order valence-corrected chi connectivity index (χ4v) is 11.4. The van der Waals surface area contributed by atoms with Gasteiger partial charge in [0.25, 0.3) is 8.32 Å². The topological polar surface area (TPSA) is 54.0 Å². The summed E-state index contributed by atoms with van der Waals surface area (Å²) >= 11 is 2.35. The predicted octanol–water partition coefficient (Wildman–Crippen LogP) is 7.71. The summed E-state index contributed by atoms with van der Waals surface area (Å²) < 4.78 is 27.0. The predicted molar refractivity (Wildman–Crippen MR) is 189 cm³/mol. The molecule has 0 radical (unpaired) electrons. The Morgan fingerprint density at radius 2 is 1.41 bits per heavy atom. The fraction of sp³-hybridized carbons (Fsp3) is 0.432. The minimum atomic E-state index is -2.73. The van der Waals surface area contributed by atoms with Crippen molar-refractivity contribution in [2.24, 2.45) is 5.92 Å². The van der Waals surface area contributed by atoms with Gasteiger partial charge >= 0.3 is 5.97 Å². The Morgan fingerprint density at radius 3 is 1.91 bits per heavy atom. The fourth-order valence-electron chi connectivity index (χ4n) is 5.97. The highest BCUT2D eigenvalue weighted by Crippen LogP contribution is 2.39. The van der Waals surface area contributed by atoms with Crippen molar-refractivity contribution in [1.29, 1.82) is 0 Å². The SMILES string of the molecule is CC(O[Si](c1ccccc1)(c1ccccc1)C(C)(C)C)[C@H](C)/C=C\C(OC(=O)c1ccccc1)C1OC(C)(C)O[C@H]1CCI. The summed E-state index contributed by atoms with van der Waals surface area (Å²) in [6.45, 7) is 15.0. The van der Waals surface area contributed by atoms with E-state index in [1.807, 2.05) is 38.1 Å². The molecule has 236 valence electrons. The molecule has 1 saturated heterocycles. The molecule has 1 aliphatic heterocycles. The summed E-state index contributed by atoms with van der Waals surface area (Å²) in [5, 5.41) is 2.36. The lowest BCUT2D eigenvalue weighted by atomic mass is 10.0. The Hall–Kier alpha value is -2.30. The number of carbonyl (C=O) groups excluding carboxylic acids is 1. The Kier molecular flexibility index (Phi) is 11.7. The van der Waals surface area contributed by atoms with Crippen molar-refractivity contribution in [2.75, 3.05) is 4.43 Å². The van der Waals surface area contributed by atoms with Crippen LogP contribution in [0.2, 0.25) is 5.04 Å². The second kappa shape index (κ2) is 14.9. The number of rotatable bonds is 12. The summed E-state index contributed by atoms with van der Waals surface area (Å²) in [7, 11) is -2.73. The van der Waals surface area contributed by atoms with Crippen molar-refractivity contribution in [3.8, 4) is 0 Å². The van der Waals surface area contributed by atoms with Crippen LogP contribution in [0.3, 0.4) is 0 Å². The molecule has 0 N–H and O–H groups in total. The molecule has 1 aliphatic rings. The molecule has 0 bridgehead atoms. The van der Waals surface area contributed by atoms with Gasteiger partial charge in [-0.1, -0.05) is 135 Å². The van der Waals surface area contributed by atoms with Crippen LogP contribution >= 0.6 is 22.6 Å². The third-order valence-corrected chi connectivity index (χ3v) is 14.1. The molecule has 3 aromatic rings. The van der Waals surface area contributed by atoms with Gasteiger partial charge in [0.2, 0.25) is 0 Å². The molecule has 0 saturated carbocycles. The van der Waals surface area contributed by atoms with Crippen LogP contribution in [0.5, 0.6) is 0 Å². The van der Waals surface area contributed by atoms with Crippen molar-refractivity contribution < 1.29 is 23.4 Å². The van der Waals surface area contributed by atoms with E-state index in [1.165, 1.54) is 10.4 Å². The molecule has 0 aliphatic carbocycles. The Morgan fingerprint density at radius 1 is 0.886 bits per heavy atom. The molecule has 3 unspecified atom stereocenters. The van der Waals surface area contributed by atoms with Gasteiger partial charge in [-0.05, 0) is 66.7 Å². The molecule has 7 heteroatoms. The van der Waals surface area contributed by atoms with Gasteiger partial charge in [-0.3, -0.25) is 0 Å². The van der Waals surface area contributed by atoms with Crippen molar-refractivity contribution in [3.05, 3.63) is 109 Å². The summed E-state index contributed by atoms with van der Waals surface area (Å²) in [6, 6.07) is 30.5. The first-order valence-electron chi connectivity index (χ1n) is 15.5. The molecular weight excluding hydrogens is 679 g/mol. The van der Waals surface area contributed by atoms with E-state index >= 15 is 0 Å². The van der Waals surface area contributed by atoms with Gasteiger partial charge in [0.15, 0.2) is 5.79 Å². The third kappa shape index (κ3) is 8.09. The Balaban J connectivity index is 1.65. The monoisotopic (exact) mass is 726 g/mol.